The highest BCUT2D eigenvalue weighted by atomic mass is 35.5. The van der Waals surface area contributed by atoms with Crippen molar-refractivity contribution in [3.05, 3.63) is 58.9 Å². The molecule has 0 spiro atoms. The maximum absolute atomic E-state index is 9.14. The minimum absolute atomic E-state index is 0.0425. The lowest BCUT2D eigenvalue weighted by Crippen LogP contribution is -2.00. The van der Waals surface area contributed by atoms with Gasteiger partial charge in [0, 0.05) is 5.56 Å². The molecule has 0 fully saturated rings. The van der Waals surface area contributed by atoms with Gasteiger partial charge in [-0.25, -0.2) is 4.98 Å². The molecule has 0 saturated heterocycles. The average molecular weight is 250 g/mol. The molecule has 1 aromatic carbocycles. The van der Waals surface area contributed by atoms with Crippen LogP contribution in [0, 0.1) is 0 Å². The number of rotatable bonds is 4. The molecule has 88 valence electrons. The largest absolute Gasteiger partial charge is 0.487 e. The van der Waals surface area contributed by atoms with Crippen LogP contribution in [-0.2, 0) is 13.2 Å². The molecule has 0 amide bonds. The summed E-state index contributed by atoms with van der Waals surface area (Å²) in [6.07, 6.45) is 0. The molecule has 0 aliphatic carbocycles. The summed E-state index contributed by atoms with van der Waals surface area (Å²) < 4.78 is 5.59. The molecular weight excluding hydrogens is 238 g/mol. The van der Waals surface area contributed by atoms with Crippen LogP contribution in [0.5, 0.6) is 5.75 Å². The number of hydrogen-bond donors (Lipinski definition) is 1. The van der Waals surface area contributed by atoms with Crippen LogP contribution in [0.2, 0.25) is 5.15 Å². The SMILES string of the molecule is OCc1ccccc1OCc1cccc(Cl)n1. The van der Waals surface area contributed by atoms with Crippen LogP contribution in [0.15, 0.2) is 42.5 Å². The topological polar surface area (TPSA) is 42.4 Å². The summed E-state index contributed by atoms with van der Waals surface area (Å²) in [7, 11) is 0. The molecule has 17 heavy (non-hydrogen) atoms. The quantitative estimate of drug-likeness (QED) is 0.848. The molecule has 1 heterocycles. The van der Waals surface area contributed by atoms with Crippen molar-refractivity contribution in [3.63, 3.8) is 0 Å². The molecular formula is C13H12ClNO2. The average Bonchev–Trinajstić information content (AvgIpc) is 2.37. The van der Waals surface area contributed by atoms with E-state index >= 15 is 0 Å². The van der Waals surface area contributed by atoms with Gasteiger partial charge in [-0.2, -0.15) is 0 Å². The van der Waals surface area contributed by atoms with E-state index in [-0.39, 0.29) is 6.61 Å². The summed E-state index contributed by atoms with van der Waals surface area (Å²) in [6.45, 7) is 0.288. The minimum atomic E-state index is -0.0425. The molecule has 0 bridgehead atoms. The second kappa shape index (κ2) is 5.66. The van der Waals surface area contributed by atoms with Crippen molar-refractivity contribution in [2.75, 3.05) is 0 Å². The van der Waals surface area contributed by atoms with Gasteiger partial charge >= 0.3 is 0 Å². The van der Waals surface area contributed by atoms with E-state index in [4.69, 9.17) is 21.4 Å². The Kier molecular flexibility index (Phi) is 3.96. The third-order valence-electron chi connectivity index (χ3n) is 2.29. The summed E-state index contributed by atoms with van der Waals surface area (Å²) in [5.74, 6) is 0.664. The Labute approximate surface area is 105 Å². The molecule has 0 aliphatic rings. The van der Waals surface area contributed by atoms with E-state index in [1.807, 2.05) is 36.4 Å². The molecule has 0 saturated carbocycles. The second-order valence-corrected chi connectivity index (χ2v) is 3.89. The van der Waals surface area contributed by atoms with Gasteiger partial charge in [0.25, 0.3) is 0 Å². The first-order valence-corrected chi connectivity index (χ1v) is 5.60. The van der Waals surface area contributed by atoms with Gasteiger partial charge in [-0.15, -0.1) is 0 Å². The number of ether oxygens (including phenoxy) is 1. The maximum Gasteiger partial charge on any atom is 0.130 e. The summed E-state index contributed by atoms with van der Waals surface area (Å²) >= 11 is 5.78. The maximum atomic E-state index is 9.14. The zero-order chi connectivity index (χ0) is 12.1. The van der Waals surface area contributed by atoms with E-state index in [0.29, 0.717) is 17.5 Å². The fraction of sp³-hybridized carbons (Fsp3) is 0.154. The van der Waals surface area contributed by atoms with Gasteiger partial charge in [-0.1, -0.05) is 35.9 Å². The Hall–Kier alpha value is -1.58. The van der Waals surface area contributed by atoms with Crippen molar-refractivity contribution in [3.8, 4) is 5.75 Å². The fourth-order valence-electron chi connectivity index (χ4n) is 1.46. The Morgan fingerprint density at radius 1 is 1.12 bits per heavy atom. The molecule has 4 heteroatoms. The van der Waals surface area contributed by atoms with Crippen LogP contribution >= 0.6 is 11.6 Å². The van der Waals surface area contributed by atoms with Crippen molar-refractivity contribution in [1.82, 2.24) is 4.98 Å². The molecule has 3 nitrogen and oxygen atoms in total. The van der Waals surface area contributed by atoms with Crippen molar-refractivity contribution in [2.45, 2.75) is 13.2 Å². The van der Waals surface area contributed by atoms with E-state index in [0.717, 1.165) is 11.3 Å². The highest BCUT2D eigenvalue weighted by molar-refractivity contribution is 6.29. The van der Waals surface area contributed by atoms with Crippen molar-refractivity contribution < 1.29 is 9.84 Å². The minimum Gasteiger partial charge on any atom is -0.487 e. The van der Waals surface area contributed by atoms with Crippen molar-refractivity contribution in [2.24, 2.45) is 0 Å². The van der Waals surface area contributed by atoms with Gasteiger partial charge in [0.15, 0.2) is 0 Å². The zero-order valence-corrected chi connectivity index (χ0v) is 9.89. The van der Waals surface area contributed by atoms with Crippen molar-refractivity contribution >= 4 is 11.6 Å². The highest BCUT2D eigenvalue weighted by Gasteiger charge is 2.02. The van der Waals surface area contributed by atoms with Gasteiger partial charge in [-0.05, 0) is 18.2 Å². The lowest BCUT2D eigenvalue weighted by atomic mass is 10.2. The third kappa shape index (κ3) is 3.19. The number of pyridine rings is 1. The first-order chi connectivity index (χ1) is 8.29. The predicted octanol–water partition coefficient (Wildman–Crippen LogP) is 2.81. The first-order valence-electron chi connectivity index (χ1n) is 5.22. The van der Waals surface area contributed by atoms with Gasteiger partial charge in [0.05, 0.1) is 12.3 Å². The van der Waals surface area contributed by atoms with E-state index < -0.39 is 0 Å². The number of aromatic nitrogens is 1. The second-order valence-electron chi connectivity index (χ2n) is 3.51. The number of benzene rings is 1. The number of para-hydroxylation sites is 1. The predicted molar refractivity (Wildman–Crippen MR) is 65.9 cm³/mol. The molecule has 1 N–H and O–H groups in total. The summed E-state index contributed by atoms with van der Waals surface area (Å²) in [6, 6.07) is 12.7. The summed E-state index contributed by atoms with van der Waals surface area (Å²) in [4.78, 5) is 4.12. The van der Waals surface area contributed by atoms with Crippen LogP contribution in [0.25, 0.3) is 0 Å². The summed E-state index contributed by atoms with van der Waals surface area (Å²) in [5, 5.41) is 9.59. The lowest BCUT2D eigenvalue weighted by Gasteiger charge is -2.09. The number of halogens is 1. The van der Waals surface area contributed by atoms with E-state index in [2.05, 4.69) is 4.98 Å². The zero-order valence-electron chi connectivity index (χ0n) is 9.14. The number of nitrogens with zero attached hydrogens (tertiary/aromatic N) is 1. The van der Waals surface area contributed by atoms with Gasteiger partial charge < -0.3 is 9.84 Å². The number of aliphatic hydroxyl groups is 1. The van der Waals surface area contributed by atoms with Crippen molar-refractivity contribution in [1.29, 1.82) is 0 Å². The normalized spacial score (nSPS) is 10.2. The van der Waals surface area contributed by atoms with Gasteiger partial charge in [-0.3, -0.25) is 0 Å². The van der Waals surface area contributed by atoms with Gasteiger partial charge in [0.2, 0.25) is 0 Å². The number of aliphatic hydroxyl groups excluding tert-OH is 1. The first kappa shape index (κ1) is 11.9. The highest BCUT2D eigenvalue weighted by Crippen LogP contribution is 2.19. The van der Waals surface area contributed by atoms with Crippen LogP contribution in [-0.4, -0.2) is 10.1 Å². The van der Waals surface area contributed by atoms with E-state index in [1.165, 1.54) is 0 Å². The Morgan fingerprint density at radius 3 is 2.71 bits per heavy atom. The molecule has 1 aromatic heterocycles. The molecule has 2 rings (SSSR count). The van der Waals surface area contributed by atoms with Crippen LogP contribution < -0.4 is 4.74 Å². The Balaban J connectivity index is 2.07. The summed E-state index contributed by atoms with van der Waals surface area (Å²) in [5.41, 5.74) is 1.51. The fourth-order valence-corrected chi connectivity index (χ4v) is 1.64. The Morgan fingerprint density at radius 2 is 1.94 bits per heavy atom. The van der Waals surface area contributed by atoms with Gasteiger partial charge in [0.1, 0.15) is 17.5 Å². The lowest BCUT2D eigenvalue weighted by molar-refractivity contribution is 0.257. The number of hydrogen-bond acceptors (Lipinski definition) is 3. The van der Waals surface area contributed by atoms with E-state index in [9.17, 15) is 0 Å². The Bertz CT molecular complexity index is 502. The molecule has 0 atom stereocenters. The molecule has 0 aliphatic heterocycles. The smallest absolute Gasteiger partial charge is 0.130 e. The standard InChI is InChI=1S/C13H12ClNO2/c14-13-7-3-5-11(15-13)9-17-12-6-2-1-4-10(12)8-16/h1-7,16H,8-9H2. The third-order valence-corrected chi connectivity index (χ3v) is 2.50. The van der Waals surface area contributed by atoms with Crippen LogP contribution in [0.3, 0.4) is 0 Å². The molecule has 2 aromatic rings. The van der Waals surface area contributed by atoms with Crippen LogP contribution in [0.4, 0.5) is 0 Å². The van der Waals surface area contributed by atoms with E-state index in [1.54, 1.807) is 6.07 Å². The van der Waals surface area contributed by atoms with Crippen LogP contribution in [0.1, 0.15) is 11.3 Å². The molecule has 0 radical (unpaired) electrons. The monoisotopic (exact) mass is 249 g/mol. The molecule has 0 unspecified atom stereocenters.